The van der Waals surface area contributed by atoms with Crippen molar-refractivity contribution in [2.45, 2.75) is 77.1 Å². The van der Waals surface area contributed by atoms with Gasteiger partial charge in [0.2, 0.25) is 5.91 Å². The van der Waals surface area contributed by atoms with E-state index in [-0.39, 0.29) is 29.1 Å². The molecular formula is C23H35NO4. The third-order valence-corrected chi connectivity index (χ3v) is 6.24. The highest BCUT2D eigenvalue weighted by atomic mass is 16.5. The lowest BCUT2D eigenvalue weighted by Gasteiger charge is -2.50. The van der Waals surface area contributed by atoms with Crippen LogP contribution in [0.1, 0.15) is 58.4 Å². The number of hydrogen-bond donors (Lipinski definition) is 1. The molecule has 2 aliphatic heterocycles. The predicted octanol–water partition coefficient (Wildman–Crippen LogP) is 3.58. The van der Waals surface area contributed by atoms with Gasteiger partial charge in [-0.25, -0.2) is 0 Å². The molecule has 3 rings (SSSR count). The first-order chi connectivity index (χ1) is 13.2. The summed E-state index contributed by atoms with van der Waals surface area (Å²) in [5.74, 6) is 1.02. The van der Waals surface area contributed by atoms with Crippen molar-refractivity contribution < 1.29 is 19.4 Å². The second-order valence-electron chi connectivity index (χ2n) is 9.48. The number of methoxy groups -OCH3 is 1. The fraction of sp³-hybridized carbons (Fsp3) is 0.696. The number of carbonyl (C=O) groups is 1. The Kier molecular flexibility index (Phi) is 6.35. The number of piperidine rings is 1. The summed E-state index contributed by atoms with van der Waals surface area (Å²) in [5.41, 5.74) is 0.852. The Morgan fingerprint density at radius 3 is 2.68 bits per heavy atom. The number of benzene rings is 1. The van der Waals surface area contributed by atoms with E-state index in [4.69, 9.17) is 9.47 Å². The number of aliphatic hydroxyl groups is 1. The summed E-state index contributed by atoms with van der Waals surface area (Å²) in [7, 11) is 1.66. The van der Waals surface area contributed by atoms with Gasteiger partial charge < -0.3 is 19.5 Å². The Morgan fingerprint density at radius 2 is 2.04 bits per heavy atom. The number of carbonyl (C=O) groups excluding carboxylic acids is 1. The fourth-order valence-electron chi connectivity index (χ4n) is 4.41. The number of rotatable bonds is 4. The SMILES string of the molecule is COc1cccc(CCC(=O)N2CCC3(CC2)C[C@H](O)C[C@H](C(C)(C)C)O3)c1. The van der Waals surface area contributed by atoms with Crippen molar-refractivity contribution >= 4 is 5.91 Å². The summed E-state index contributed by atoms with van der Waals surface area (Å²) in [6.07, 6.45) is 3.98. The molecule has 2 heterocycles. The smallest absolute Gasteiger partial charge is 0.222 e. The maximum Gasteiger partial charge on any atom is 0.222 e. The number of ether oxygens (including phenoxy) is 2. The van der Waals surface area contributed by atoms with Gasteiger partial charge in [-0.2, -0.15) is 0 Å². The molecule has 2 atom stereocenters. The van der Waals surface area contributed by atoms with Crippen molar-refractivity contribution in [1.29, 1.82) is 0 Å². The van der Waals surface area contributed by atoms with Crippen LogP contribution in [0, 0.1) is 5.41 Å². The van der Waals surface area contributed by atoms with Gasteiger partial charge in [0.05, 0.1) is 24.9 Å². The van der Waals surface area contributed by atoms with Crippen LogP contribution in [0.25, 0.3) is 0 Å². The summed E-state index contributed by atoms with van der Waals surface area (Å²) in [6, 6.07) is 7.90. The lowest BCUT2D eigenvalue weighted by atomic mass is 9.76. The van der Waals surface area contributed by atoms with Crippen molar-refractivity contribution in [2.75, 3.05) is 20.2 Å². The molecule has 1 amide bonds. The van der Waals surface area contributed by atoms with Crippen LogP contribution >= 0.6 is 0 Å². The van der Waals surface area contributed by atoms with E-state index < -0.39 is 0 Å². The van der Waals surface area contributed by atoms with Gasteiger partial charge >= 0.3 is 0 Å². The third-order valence-electron chi connectivity index (χ3n) is 6.24. The number of aliphatic hydroxyl groups excluding tert-OH is 1. The van der Waals surface area contributed by atoms with Crippen LogP contribution in [0.3, 0.4) is 0 Å². The van der Waals surface area contributed by atoms with E-state index in [0.717, 1.165) is 30.6 Å². The highest BCUT2D eigenvalue weighted by Gasteiger charge is 2.46. The van der Waals surface area contributed by atoms with Crippen LogP contribution in [-0.4, -0.2) is 53.9 Å². The number of amides is 1. The van der Waals surface area contributed by atoms with Crippen LogP contribution in [0.15, 0.2) is 24.3 Å². The van der Waals surface area contributed by atoms with Crippen LogP contribution < -0.4 is 4.74 Å². The molecule has 5 nitrogen and oxygen atoms in total. The van der Waals surface area contributed by atoms with Crippen LogP contribution in [0.5, 0.6) is 5.75 Å². The average molecular weight is 390 g/mol. The number of likely N-dealkylation sites (tertiary alicyclic amines) is 1. The number of hydrogen-bond acceptors (Lipinski definition) is 4. The van der Waals surface area contributed by atoms with Gasteiger partial charge in [-0.05, 0) is 42.4 Å². The topological polar surface area (TPSA) is 59.0 Å². The zero-order valence-electron chi connectivity index (χ0n) is 17.7. The van der Waals surface area contributed by atoms with Gasteiger partial charge in [0.15, 0.2) is 0 Å². The summed E-state index contributed by atoms with van der Waals surface area (Å²) in [5, 5.41) is 10.4. The molecule has 0 aromatic heterocycles. The number of aryl methyl sites for hydroxylation is 1. The Labute approximate surface area is 169 Å². The summed E-state index contributed by atoms with van der Waals surface area (Å²) in [4.78, 5) is 14.6. The summed E-state index contributed by atoms with van der Waals surface area (Å²) < 4.78 is 11.8. The molecule has 0 unspecified atom stereocenters. The molecule has 156 valence electrons. The van der Waals surface area contributed by atoms with E-state index >= 15 is 0 Å². The Balaban J connectivity index is 1.53. The van der Waals surface area contributed by atoms with Crippen molar-refractivity contribution in [2.24, 2.45) is 5.41 Å². The van der Waals surface area contributed by atoms with Gasteiger partial charge in [-0.3, -0.25) is 4.79 Å². The Bertz CT molecular complexity index is 673. The monoisotopic (exact) mass is 389 g/mol. The van der Waals surface area contributed by atoms with Gasteiger partial charge in [-0.1, -0.05) is 32.9 Å². The average Bonchev–Trinajstić information content (AvgIpc) is 2.65. The molecule has 5 heteroatoms. The third kappa shape index (κ3) is 5.06. The zero-order chi connectivity index (χ0) is 20.4. The van der Waals surface area contributed by atoms with Gasteiger partial charge in [0.25, 0.3) is 0 Å². The van der Waals surface area contributed by atoms with Crippen molar-refractivity contribution in [3.63, 3.8) is 0 Å². The minimum absolute atomic E-state index is 0.0120. The highest BCUT2D eigenvalue weighted by molar-refractivity contribution is 5.76. The van der Waals surface area contributed by atoms with Gasteiger partial charge in [0, 0.05) is 32.4 Å². The van der Waals surface area contributed by atoms with Crippen LogP contribution in [-0.2, 0) is 16.0 Å². The molecule has 0 bridgehead atoms. The fourth-order valence-corrected chi connectivity index (χ4v) is 4.41. The molecular weight excluding hydrogens is 354 g/mol. The van der Waals surface area contributed by atoms with E-state index in [9.17, 15) is 9.90 Å². The van der Waals surface area contributed by atoms with E-state index in [1.165, 1.54) is 0 Å². The molecule has 1 aromatic carbocycles. The lowest BCUT2D eigenvalue weighted by molar-refractivity contribution is -0.207. The predicted molar refractivity (Wildman–Crippen MR) is 109 cm³/mol. The molecule has 2 aliphatic rings. The molecule has 0 aliphatic carbocycles. The first-order valence-corrected chi connectivity index (χ1v) is 10.5. The first kappa shape index (κ1) is 21.1. The zero-order valence-corrected chi connectivity index (χ0v) is 17.7. The molecule has 0 radical (unpaired) electrons. The normalized spacial score (nSPS) is 25.0. The van der Waals surface area contributed by atoms with E-state index in [1.807, 2.05) is 29.2 Å². The molecule has 0 saturated carbocycles. The lowest BCUT2D eigenvalue weighted by Crippen LogP contribution is -2.55. The molecule has 1 aromatic rings. The van der Waals surface area contributed by atoms with Crippen molar-refractivity contribution in [1.82, 2.24) is 4.90 Å². The second-order valence-corrected chi connectivity index (χ2v) is 9.48. The maximum absolute atomic E-state index is 12.7. The minimum Gasteiger partial charge on any atom is -0.497 e. The first-order valence-electron chi connectivity index (χ1n) is 10.5. The van der Waals surface area contributed by atoms with Crippen LogP contribution in [0.2, 0.25) is 0 Å². The molecule has 28 heavy (non-hydrogen) atoms. The van der Waals surface area contributed by atoms with E-state index in [0.29, 0.717) is 32.4 Å². The molecule has 2 fully saturated rings. The largest absolute Gasteiger partial charge is 0.497 e. The van der Waals surface area contributed by atoms with Crippen molar-refractivity contribution in [3.05, 3.63) is 29.8 Å². The van der Waals surface area contributed by atoms with E-state index in [1.54, 1.807) is 7.11 Å². The highest BCUT2D eigenvalue weighted by Crippen LogP contribution is 2.42. The molecule has 1 N–H and O–H groups in total. The standard InChI is InChI=1S/C23H35NO4/c1-22(2,3)20-15-18(25)16-23(28-20)10-12-24(13-11-23)21(26)9-8-17-6-5-7-19(14-17)27-4/h5-7,14,18,20,25H,8-13,15-16H2,1-4H3/t18-,20-/m1/s1. The Hall–Kier alpha value is -1.59. The second kappa shape index (κ2) is 8.42. The number of nitrogens with zero attached hydrogens (tertiary/aromatic N) is 1. The van der Waals surface area contributed by atoms with Gasteiger partial charge in [0.1, 0.15) is 5.75 Å². The van der Waals surface area contributed by atoms with Crippen LogP contribution in [0.4, 0.5) is 0 Å². The summed E-state index contributed by atoms with van der Waals surface area (Å²) in [6.45, 7) is 7.92. The molecule has 2 saturated heterocycles. The summed E-state index contributed by atoms with van der Waals surface area (Å²) >= 11 is 0. The van der Waals surface area contributed by atoms with E-state index in [2.05, 4.69) is 20.8 Å². The quantitative estimate of drug-likeness (QED) is 0.855. The molecule has 1 spiro atoms. The maximum atomic E-state index is 12.7. The minimum atomic E-state index is -0.312. The van der Waals surface area contributed by atoms with Gasteiger partial charge in [-0.15, -0.1) is 0 Å². The Morgan fingerprint density at radius 1 is 1.32 bits per heavy atom. The van der Waals surface area contributed by atoms with Crippen molar-refractivity contribution in [3.8, 4) is 5.75 Å².